The van der Waals surface area contributed by atoms with E-state index in [0.717, 1.165) is 0 Å². The van der Waals surface area contributed by atoms with Gasteiger partial charge in [-0.3, -0.25) is 0 Å². The third kappa shape index (κ3) is 2.03. The van der Waals surface area contributed by atoms with Gasteiger partial charge in [-0.15, -0.1) is 11.8 Å². The van der Waals surface area contributed by atoms with Gasteiger partial charge in [-0.1, -0.05) is 15.9 Å². The number of fused-ring (bicyclic) bond motifs is 1. The predicted molar refractivity (Wildman–Crippen MR) is 48.6 cm³/mol. The summed E-state index contributed by atoms with van der Waals surface area (Å²) in [5, 5.41) is 0. The summed E-state index contributed by atoms with van der Waals surface area (Å²) >= 11 is 5.41. The van der Waals surface area contributed by atoms with E-state index in [1.165, 1.54) is 27.1 Å². The molecule has 0 aliphatic carbocycles. The molecule has 0 amide bonds. The molecule has 0 saturated carbocycles. The first-order valence-corrected chi connectivity index (χ1v) is 5.05. The maximum absolute atomic E-state index is 3.46. The second kappa shape index (κ2) is 3.99. The van der Waals surface area contributed by atoms with Crippen molar-refractivity contribution in [1.82, 2.24) is 0 Å². The molecule has 2 rings (SSSR count). The van der Waals surface area contributed by atoms with Gasteiger partial charge in [0.25, 0.3) is 0 Å². The fraction of sp³-hybridized carbons (Fsp3) is 0.250. The second-order valence-corrected chi connectivity index (χ2v) is 4.40. The SMILES string of the molecule is Brc1ccc2c(c1)CCS2.[Fe]. The van der Waals surface area contributed by atoms with Crippen molar-refractivity contribution in [1.29, 1.82) is 0 Å². The zero-order valence-electron chi connectivity index (χ0n) is 5.79. The predicted octanol–water partition coefficient (Wildman–Crippen LogP) is 3.09. The molecule has 11 heavy (non-hydrogen) atoms. The number of rotatable bonds is 0. The standard InChI is InChI=1S/C8H7BrS.Fe/c9-7-1-2-8-6(5-7)3-4-10-8;/h1-2,5H,3-4H2;. The van der Waals surface area contributed by atoms with E-state index in [-0.39, 0.29) is 17.1 Å². The number of hydrogen-bond acceptors (Lipinski definition) is 1. The van der Waals surface area contributed by atoms with E-state index < -0.39 is 0 Å². The molecule has 0 aromatic heterocycles. The molecule has 0 unspecified atom stereocenters. The normalized spacial score (nSPS) is 13.9. The molecular weight excluding hydrogens is 264 g/mol. The van der Waals surface area contributed by atoms with Gasteiger partial charge in [0.2, 0.25) is 0 Å². The fourth-order valence-corrected chi connectivity index (χ4v) is 2.62. The van der Waals surface area contributed by atoms with Gasteiger partial charge in [0.1, 0.15) is 0 Å². The minimum atomic E-state index is 0. The molecule has 0 radical (unpaired) electrons. The number of hydrogen-bond donors (Lipinski definition) is 0. The number of aryl methyl sites for hydroxylation is 1. The van der Waals surface area contributed by atoms with Crippen molar-refractivity contribution in [2.24, 2.45) is 0 Å². The molecule has 1 heterocycles. The Hall–Kier alpha value is 0.569. The van der Waals surface area contributed by atoms with Crippen LogP contribution in [-0.2, 0) is 23.5 Å². The Labute approximate surface area is 89.7 Å². The fourth-order valence-electron chi connectivity index (χ4n) is 1.16. The molecule has 0 atom stereocenters. The van der Waals surface area contributed by atoms with Crippen molar-refractivity contribution < 1.29 is 17.1 Å². The van der Waals surface area contributed by atoms with Crippen molar-refractivity contribution in [2.75, 3.05) is 5.75 Å². The van der Waals surface area contributed by atoms with Gasteiger partial charge in [0, 0.05) is 32.2 Å². The van der Waals surface area contributed by atoms with Gasteiger partial charge in [0.15, 0.2) is 0 Å². The molecule has 1 aromatic carbocycles. The third-order valence-corrected chi connectivity index (χ3v) is 3.26. The Balaban J connectivity index is 0.000000605. The van der Waals surface area contributed by atoms with Crippen molar-refractivity contribution in [3.05, 3.63) is 28.2 Å². The summed E-state index contributed by atoms with van der Waals surface area (Å²) in [6.07, 6.45) is 1.24. The maximum Gasteiger partial charge on any atom is 0.0178 e. The average Bonchev–Trinajstić information content (AvgIpc) is 2.33. The van der Waals surface area contributed by atoms with Gasteiger partial charge in [-0.05, 0) is 30.2 Å². The van der Waals surface area contributed by atoms with Gasteiger partial charge >= 0.3 is 0 Å². The monoisotopic (exact) mass is 270 g/mol. The molecule has 0 fully saturated rings. The van der Waals surface area contributed by atoms with Crippen molar-refractivity contribution in [3.63, 3.8) is 0 Å². The quantitative estimate of drug-likeness (QED) is 0.653. The Morgan fingerprint density at radius 1 is 1.36 bits per heavy atom. The van der Waals surface area contributed by atoms with Crippen LogP contribution in [0, 0.1) is 0 Å². The summed E-state index contributed by atoms with van der Waals surface area (Å²) < 4.78 is 1.20. The van der Waals surface area contributed by atoms with E-state index in [0.29, 0.717) is 0 Å². The molecular formula is C8H7BrFeS. The maximum atomic E-state index is 3.46. The Bertz CT molecular complexity index is 262. The largest absolute Gasteiger partial charge is 0.126 e. The van der Waals surface area contributed by atoms with E-state index in [9.17, 15) is 0 Å². The van der Waals surface area contributed by atoms with Crippen molar-refractivity contribution in [2.45, 2.75) is 11.3 Å². The van der Waals surface area contributed by atoms with Crippen LogP contribution in [-0.4, -0.2) is 5.75 Å². The Morgan fingerprint density at radius 2 is 2.18 bits per heavy atom. The first kappa shape index (κ1) is 9.66. The van der Waals surface area contributed by atoms with Crippen LogP contribution in [0.5, 0.6) is 0 Å². The van der Waals surface area contributed by atoms with Gasteiger partial charge in [-0.25, -0.2) is 0 Å². The molecule has 0 bridgehead atoms. The van der Waals surface area contributed by atoms with Gasteiger partial charge < -0.3 is 0 Å². The van der Waals surface area contributed by atoms with Crippen LogP contribution in [0.4, 0.5) is 0 Å². The Morgan fingerprint density at radius 3 is 3.00 bits per heavy atom. The average molecular weight is 271 g/mol. The third-order valence-electron chi connectivity index (χ3n) is 1.65. The molecule has 3 heteroatoms. The Kier molecular flexibility index (Phi) is 3.50. The van der Waals surface area contributed by atoms with Crippen LogP contribution in [0.25, 0.3) is 0 Å². The van der Waals surface area contributed by atoms with Crippen LogP contribution in [0.2, 0.25) is 0 Å². The molecule has 1 aliphatic heterocycles. The van der Waals surface area contributed by atoms with Gasteiger partial charge in [0.05, 0.1) is 0 Å². The zero-order valence-corrected chi connectivity index (χ0v) is 9.29. The van der Waals surface area contributed by atoms with E-state index in [1.54, 1.807) is 0 Å². The number of thioether (sulfide) groups is 1. The minimum absolute atomic E-state index is 0. The van der Waals surface area contributed by atoms with E-state index in [2.05, 4.69) is 34.1 Å². The molecule has 0 nitrogen and oxygen atoms in total. The number of halogens is 1. The van der Waals surface area contributed by atoms with Crippen LogP contribution in [0.1, 0.15) is 5.56 Å². The van der Waals surface area contributed by atoms with E-state index in [4.69, 9.17) is 0 Å². The second-order valence-electron chi connectivity index (χ2n) is 2.35. The molecule has 1 aliphatic rings. The molecule has 0 N–H and O–H groups in total. The van der Waals surface area contributed by atoms with Crippen LogP contribution in [0.3, 0.4) is 0 Å². The summed E-state index contributed by atoms with van der Waals surface area (Å²) in [7, 11) is 0. The molecule has 1 aromatic rings. The van der Waals surface area contributed by atoms with E-state index >= 15 is 0 Å². The summed E-state index contributed by atoms with van der Waals surface area (Å²) in [6, 6.07) is 6.52. The molecule has 60 valence electrons. The van der Waals surface area contributed by atoms with Gasteiger partial charge in [-0.2, -0.15) is 0 Å². The molecule has 0 spiro atoms. The molecule has 0 saturated heterocycles. The smallest absolute Gasteiger partial charge is 0.0178 e. The summed E-state index contributed by atoms with van der Waals surface area (Å²) in [5.74, 6) is 1.26. The van der Waals surface area contributed by atoms with Crippen LogP contribution >= 0.6 is 27.7 Å². The first-order valence-electron chi connectivity index (χ1n) is 3.27. The van der Waals surface area contributed by atoms with Crippen LogP contribution in [0.15, 0.2) is 27.6 Å². The van der Waals surface area contributed by atoms with Crippen molar-refractivity contribution >= 4 is 27.7 Å². The van der Waals surface area contributed by atoms with E-state index in [1.807, 2.05) is 11.8 Å². The minimum Gasteiger partial charge on any atom is -0.126 e. The topological polar surface area (TPSA) is 0 Å². The summed E-state index contributed by atoms with van der Waals surface area (Å²) in [6.45, 7) is 0. The van der Waals surface area contributed by atoms with Crippen LogP contribution < -0.4 is 0 Å². The summed E-state index contributed by atoms with van der Waals surface area (Å²) in [4.78, 5) is 1.46. The summed E-state index contributed by atoms with van der Waals surface area (Å²) in [5.41, 5.74) is 1.50. The number of benzene rings is 1. The first-order chi connectivity index (χ1) is 4.86. The zero-order chi connectivity index (χ0) is 6.97. The van der Waals surface area contributed by atoms with Crippen molar-refractivity contribution in [3.8, 4) is 0 Å².